The van der Waals surface area contributed by atoms with Crippen LogP contribution >= 0.6 is 11.6 Å². The van der Waals surface area contributed by atoms with E-state index in [-0.39, 0.29) is 11.7 Å². The molecule has 1 aromatic heterocycles. The zero-order chi connectivity index (χ0) is 10.8. The molecule has 0 aliphatic rings. The molecule has 0 saturated heterocycles. The Morgan fingerprint density at radius 2 is 2.20 bits per heavy atom. The van der Waals surface area contributed by atoms with Crippen LogP contribution in [0.15, 0.2) is 18.2 Å². The molecule has 4 nitrogen and oxygen atoms in total. The van der Waals surface area contributed by atoms with Crippen LogP contribution in [-0.2, 0) is 5.88 Å². The summed E-state index contributed by atoms with van der Waals surface area (Å²) in [4.78, 5) is 0. The monoisotopic (exact) mass is 226 g/mol. The van der Waals surface area contributed by atoms with Crippen LogP contribution < -0.4 is 0 Å². The minimum atomic E-state index is -0.318. The summed E-state index contributed by atoms with van der Waals surface area (Å²) in [5.74, 6) is 0.352. The van der Waals surface area contributed by atoms with Gasteiger partial charge in [-0.15, -0.1) is 16.7 Å². The molecule has 1 heterocycles. The topological polar surface area (TPSA) is 43.6 Å². The highest BCUT2D eigenvalue weighted by molar-refractivity contribution is 6.16. The van der Waals surface area contributed by atoms with E-state index < -0.39 is 0 Å². The van der Waals surface area contributed by atoms with E-state index in [1.807, 2.05) is 0 Å². The minimum Gasteiger partial charge on any atom is -0.207 e. The summed E-state index contributed by atoms with van der Waals surface area (Å²) in [6.07, 6.45) is 0. The van der Waals surface area contributed by atoms with Gasteiger partial charge in [0.2, 0.25) is 0 Å². The number of tetrazole rings is 1. The molecule has 15 heavy (non-hydrogen) atoms. The highest BCUT2D eigenvalue weighted by atomic mass is 35.5. The Kier molecular flexibility index (Phi) is 2.64. The molecule has 0 aliphatic heterocycles. The molecule has 0 aliphatic carbocycles. The molecule has 2 aromatic rings. The van der Waals surface area contributed by atoms with Crippen molar-refractivity contribution < 1.29 is 4.39 Å². The molecule has 0 N–H and O–H groups in total. The maximum absolute atomic E-state index is 13.1. The van der Waals surface area contributed by atoms with Crippen LogP contribution in [0.3, 0.4) is 0 Å². The van der Waals surface area contributed by atoms with E-state index in [2.05, 4.69) is 15.5 Å². The van der Waals surface area contributed by atoms with Crippen molar-refractivity contribution >= 4 is 11.6 Å². The third-order valence-electron chi connectivity index (χ3n) is 1.93. The number of nitrogens with zero attached hydrogens (tertiary/aromatic N) is 4. The summed E-state index contributed by atoms with van der Waals surface area (Å²) < 4.78 is 14.6. The summed E-state index contributed by atoms with van der Waals surface area (Å²) >= 11 is 5.65. The van der Waals surface area contributed by atoms with Crippen molar-refractivity contribution in [3.05, 3.63) is 35.4 Å². The number of aromatic nitrogens is 4. The lowest BCUT2D eigenvalue weighted by Gasteiger charge is -2.03. The summed E-state index contributed by atoms with van der Waals surface area (Å²) in [5, 5.41) is 10.9. The molecule has 0 atom stereocenters. The van der Waals surface area contributed by atoms with Gasteiger partial charge in [-0.05, 0) is 41.1 Å². The van der Waals surface area contributed by atoms with Crippen molar-refractivity contribution in [2.75, 3.05) is 0 Å². The molecule has 0 bridgehead atoms. The molecular formula is C9H8ClFN4. The second-order valence-electron chi connectivity index (χ2n) is 3.13. The number of aryl methyl sites for hydroxylation is 1. The first-order chi connectivity index (χ1) is 7.20. The zero-order valence-corrected chi connectivity index (χ0v) is 8.74. The zero-order valence-electron chi connectivity index (χ0n) is 7.98. The van der Waals surface area contributed by atoms with E-state index in [0.717, 1.165) is 5.56 Å². The fourth-order valence-corrected chi connectivity index (χ4v) is 1.50. The molecule has 6 heteroatoms. The van der Waals surface area contributed by atoms with Gasteiger partial charge in [0.15, 0.2) is 5.82 Å². The van der Waals surface area contributed by atoms with Crippen LogP contribution in [0.5, 0.6) is 0 Å². The Hall–Kier alpha value is -1.49. The van der Waals surface area contributed by atoms with Crippen molar-refractivity contribution in [2.24, 2.45) is 0 Å². The molecule has 78 valence electrons. The van der Waals surface area contributed by atoms with Gasteiger partial charge in [0.05, 0.1) is 11.6 Å². The molecule has 0 spiro atoms. The second-order valence-corrected chi connectivity index (χ2v) is 3.39. The molecule has 0 saturated carbocycles. The molecule has 0 radical (unpaired) electrons. The predicted molar refractivity (Wildman–Crippen MR) is 53.4 cm³/mol. The first kappa shape index (κ1) is 10.0. The Labute approximate surface area is 90.7 Å². The standard InChI is InChI=1S/C9H8ClFN4/c1-6-2-7(11)4-8(3-6)15-9(5-10)12-13-14-15/h2-4H,5H2,1H3. The smallest absolute Gasteiger partial charge is 0.171 e. The molecule has 0 fully saturated rings. The lowest BCUT2D eigenvalue weighted by atomic mass is 10.2. The third-order valence-corrected chi connectivity index (χ3v) is 2.16. The lowest BCUT2D eigenvalue weighted by Crippen LogP contribution is -2.02. The van der Waals surface area contributed by atoms with E-state index in [1.165, 1.54) is 16.8 Å². The van der Waals surface area contributed by atoms with Crippen LogP contribution in [0, 0.1) is 12.7 Å². The number of halogens is 2. The van der Waals surface area contributed by atoms with Gasteiger partial charge in [0.25, 0.3) is 0 Å². The molecule has 1 aromatic carbocycles. The van der Waals surface area contributed by atoms with E-state index in [1.54, 1.807) is 13.0 Å². The summed E-state index contributed by atoms with van der Waals surface area (Å²) in [7, 11) is 0. The number of hydrogen-bond donors (Lipinski definition) is 0. The van der Waals surface area contributed by atoms with E-state index in [0.29, 0.717) is 11.5 Å². The van der Waals surface area contributed by atoms with E-state index >= 15 is 0 Å². The minimum absolute atomic E-state index is 0.183. The van der Waals surface area contributed by atoms with Crippen LogP contribution in [-0.4, -0.2) is 20.2 Å². The van der Waals surface area contributed by atoms with Gasteiger partial charge in [-0.2, -0.15) is 4.68 Å². The predicted octanol–water partition coefficient (Wildman–Crippen LogP) is 1.85. The van der Waals surface area contributed by atoms with Gasteiger partial charge in [-0.1, -0.05) is 0 Å². The first-order valence-electron chi connectivity index (χ1n) is 4.31. The van der Waals surface area contributed by atoms with Crippen molar-refractivity contribution in [3.63, 3.8) is 0 Å². The van der Waals surface area contributed by atoms with Crippen molar-refractivity contribution in [2.45, 2.75) is 12.8 Å². The largest absolute Gasteiger partial charge is 0.207 e. The van der Waals surface area contributed by atoms with Crippen LogP contribution in [0.2, 0.25) is 0 Å². The maximum atomic E-state index is 13.1. The number of alkyl halides is 1. The fraction of sp³-hybridized carbons (Fsp3) is 0.222. The molecule has 0 unspecified atom stereocenters. The first-order valence-corrected chi connectivity index (χ1v) is 4.85. The fourth-order valence-electron chi connectivity index (χ4n) is 1.33. The average Bonchev–Trinajstić information content (AvgIpc) is 2.63. The van der Waals surface area contributed by atoms with Crippen LogP contribution in [0.25, 0.3) is 5.69 Å². The van der Waals surface area contributed by atoms with E-state index in [4.69, 9.17) is 11.6 Å². The van der Waals surface area contributed by atoms with Gasteiger partial charge >= 0.3 is 0 Å². The van der Waals surface area contributed by atoms with Crippen molar-refractivity contribution in [1.29, 1.82) is 0 Å². The average molecular weight is 227 g/mol. The summed E-state index contributed by atoms with van der Waals surface area (Å²) in [6.45, 7) is 1.80. The lowest BCUT2D eigenvalue weighted by molar-refractivity contribution is 0.623. The van der Waals surface area contributed by atoms with Gasteiger partial charge < -0.3 is 0 Å². The third kappa shape index (κ3) is 1.97. The number of hydrogen-bond acceptors (Lipinski definition) is 3. The van der Waals surface area contributed by atoms with Gasteiger partial charge in [0, 0.05) is 0 Å². The second kappa shape index (κ2) is 3.94. The summed E-state index contributed by atoms with van der Waals surface area (Å²) in [6, 6.07) is 4.59. The summed E-state index contributed by atoms with van der Waals surface area (Å²) in [5.41, 5.74) is 1.38. The molecule has 2 rings (SSSR count). The Balaban J connectivity index is 2.53. The Bertz CT molecular complexity index is 462. The normalized spacial score (nSPS) is 10.6. The van der Waals surface area contributed by atoms with Crippen LogP contribution in [0.4, 0.5) is 4.39 Å². The van der Waals surface area contributed by atoms with Gasteiger partial charge in [0.1, 0.15) is 5.82 Å². The highest BCUT2D eigenvalue weighted by Gasteiger charge is 2.08. The Morgan fingerprint density at radius 1 is 1.40 bits per heavy atom. The highest BCUT2D eigenvalue weighted by Crippen LogP contribution is 2.13. The SMILES string of the molecule is Cc1cc(F)cc(-n2nnnc2CCl)c1. The number of rotatable bonds is 2. The van der Waals surface area contributed by atoms with Crippen LogP contribution in [0.1, 0.15) is 11.4 Å². The van der Waals surface area contributed by atoms with Crippen molar-refractivity contribution in [1.82, 2.24) is 20.2 Å². The Morgan fingerprint density at radius 3 is 2.87 bits per heavy atom. The maximum Gasteiger partial charge on any atom is 0.171 e. The van der Waals surface area contributed by atoms with Crippen molar-refractivity contribution in [3.8, 4) is 5.69 Å². The number of benzene rings is 1. The molecule has 0 amide bonds. The van der Waals surface area contributed by atoms with E-state index in [9.17, 15) is 4.39 Å². The van der Waals surface area contributed by atoms with Gasteiger partial charge in [-0.25, -0.2) is 4.39 Å². The van der Waals surface area contributed by atoms with Gasteiger partial charge in [-0.3, -0.25) is 0 Å². The molecular weight excluding hydrogens is 219 g/mol. The quantitative estimate of drug-likeness (QED) is 0.734.